The minimum atomic E-state index is 0.476. The van der Waals surface area contributed by atoms with Gasteiger partial charge >= 0.3 is 0 Å². The van der Waals surface area contributed by atoms with Gasteiger partial charge in [-0.15, -0.1) is 0 Å². The maximum absolute atomic E-state index is 5.81. The highest BCUT2D eigenvalue weighted by Crippen LogP contribution is 2.38. The maximum atomic E-state index is 5.81. The van der Waals surface area contributed by atoms with Gasteiger partial charge in [0.2, 0.25) is 0 Å². The molecule has 0 fully saturated rings. The van der Waals surface area contributed by atoms with Crippen LogP contribution in [0, 0.1) is 0 Å². The number of nitrogens with two attached hydrogens (primary N) is 1. The average molecular weight is 221 g/mol. The summed E-state index contributed by atoms with van der Waals surface area (Å²) in [7, 11) is 3.35. The Labute approximate surface area is 96.5 Å². The van der Waals surface area contributed by atoms with Crippen LogP contribution in [-0.2, 0) is 6.42 Å². The third kappa shape index (κ3) is 1.87. The summed E-state index contributed by atoms with van der Waals surface area (Å²) in [5, 5.41) is 0. The highest BCUT2D eigenvalue weighted by atomic mass is 16.5. The van der Waals surface area contributed by atoms with Gasteiger partial charge in [-0.3, -0.25) is 0 Å². The predicted molar refractivity (Wildman–Crippen MR) is 64.3 cm³/mol. The SMILES string of the molecule is COc1cc2c(cc1OC)[C@@H](CN)CCC2. The summed E-state index contributed by atoms with van der Waals surface area (Å²) < 4.78 is 10.6. The lowest BCUT2D eigenvalue weighted by Gasteiger charge is -2.25. The van der Waals surface area contributed by atoms with Crippen molar-refractivity contribution in [2.24, 2.45) is 5.73 Å². The van der Waals surface area contributed by atoms with Crippen LogP contribution in [0.4, 0.5) is 0 Å². The second kappa shape index (κ2) is 4.74. The van der Waals surface area contributed by atoms with Crippen molar-refractivity contribution in [3.8, 4) is 11.5 Å². The van der Waals surface area contributed by atoms with Crippen molar-refractivity contribution in [3.63, 3.8) is 0 Å². The van der Waals surface area contributed by atoms with E-state index in [-0.39, 0.29) is 0 Å². The van der Waals surface area contributed by atoms with Crippen LogP contribution in [0.5, 0.6) is 11.5 Å². The number of benzene rings is 1. The zero-order valence-corrected chi connectivity index (χ0v) is 9.95. The van der Waals surface area contributed by atoms with Crippen LogP contribution in [0.3, 0.4) is 0 Å². The second-order valence-corrected chi connectivity index (χ2v) is 4.23. The summed E-state index contributed by atoms with van der Waals surface area (Å²) in [5.41, 5.74) is 8.51. The van der Waals surface area contributed by atoms with Crippen molar-refractivity contribution in [3.05, 3.63) is 23.3 Å². The molecule has 88 valence electrons. The molecule has 0 heterocycles. The molecule has 3 heteroatoms. The molecule has 0 unspecified atom stereocenters. The fourth-order valence-electron chi connectivity index (χ4n) is 2.47. The topological polar surface area (TPSA) is 44.5 Å². The smallest absolute Gasteiger partial charge is 0.161 e. The number of hydrogen-bond acceptors (Lipinski definition) is 3. The first-order valence-corrected chi connectivity index (χ1v) is 5.75. The number of fused-ring (bicyclic) bond motifs is 1. The normalized spacial score (nSPS) is 19.1. The van der Waals surface area contributed by atoms with Gasteiger partial charge in [-0.2, -0.15) is 0 Å². The molecule has 0 bridgehead atoms. The molecule has 1 aliphatic carbocycles. The molecule has 0 spiro atoms. The molecule has 1 aromatic rings. The van der Waals surface area contributed by atoms with Crippen molar-refractivity contribution in [2.75, 3.05) is 20.8 Å². The molecule has 1 aliphatic rings. The Bertz CT molecular complexity index is 376. The molecule has 0 aromatic heterocycles. The van der Waals surface area contributed by atoms with Crippen molar-refractivity contribution in [2.45, 2.75) is 25.2 Å². The van der Waals surface area contributed by atoms with Gasteiger partial charge in [0.05, 0.1) is 14.2 Å². The maximum Gasteiger partial charge on any atom is 0.161 e. The van der Waals surface area contributed by atoms with Crippen molar-refractivity contribution < 1.29 is 9.47 Å². The van der Waals surface area contributed by atoms with Gasteiger partial charge in [0.1, 0.15) is 0 Å². The summed E-state index contributed by atoms with van der Waals surface area (Å²) in [4.78, 5) is 0. The summed E-state index contributed by atoms with van der Waals surface area (Å²) >= 11 is 0. The molecule has 16 heavy (non-hydrogen) atoms. The minimum Gasteiger partial charge on any atom is -0.493 e. The number of rotatable bonds is 3. The van der Waals surface area contributed by atoms with Crippen LogP contribution in [0.2, 0.25) is 0 Å². The van der Waals surface area contributed by atoms with Gasteiger partial charge < -0.3 is 15.2 Å². The van der Waals surface area contributed by atoms with Gasteiger partial charge in [0, 0.05) is 0 Å². The highest BCUT2D eigenvalue weighted by molar-refractivity contribution is 5.49. The van der Waals surface area contributed by atoms with E-state index in [2.05, 4.69) is 12.1 Å². The molecule has 0 saturated heterocycles. The first-order valence-electron chi connectivity index (χ1n) is 5.75. The molecule has 2 rings (SSSR count). The van der Waals surface area contributed by atoms with E-state index in [1.54, 1.807) is 14.2 Å². The first kappa shape index (κ1) is 11.3. The van der Waals surface area contributed by atoms with Gasteiger partial charge in [-0.25, -0.2) is 0 Å². The van der Waals surface area contributed by atoms with Crippen LogP contribution in [0.25, 0.3) is 0 Å². The van der Waals surface area contributed by atoms with Crippen LogP contribution < -0.4 is 15.2 Å². The Morgan fingerprint density at radius 1 is 1.25 bits per heavy atom. The third-order valence-electron chi connectivity index (χ3n) is 3.37. The quantitative estimate of drug-likeness (QED) is 0.850. The minimum absolute atomic E-state index is 0.476. The fourth-order valence-corrected chi connectivity index (χ4v) is 2.47. The standard InChI is InChI=1S/C13H19NO2/c1-15-12-6-9-4-3-5-10(8-14)11(9)7-13(12)16-2/h6-7,10H,3-5,8,14H2,1-2H3/t10-/m1/s1. The largest absolute Gasteiger partial charge is 0.493 e. The lowest BCUT2D eigenvalue weighted by atomic mass is 9.82. The summed E-state index contributed by atoms with van der Waals surface area (Å²) in [5.74, 6) is 2.10. The van der Waals surface area contributed by atoms with Crippen LogP contribution >= 0.6 is 0 Å². The summed E-state index contributed by atoms with van der Waals surface area (Å²) in [6.07, 6.45) is 3.51. The molecular formula is C13H19NO2. The Morgan fingerprint density at radius 3 is 2.56 bits per heavy atom. The lowest BCUT2D eigenvalue weighted by Crippen LogP contribution is -2.18. The second-order valence-electron chi connectivity index (χ2n) is 4.23. The zero-order chi connectivity index (χ0) is 11.5. The van der Waals surface area contributed by atoms with E-state index >= 15 is 0 Å². The Morgan fingerprint density at radius 2 is 1.94 bits per heavy atom. The average Bonchev–Trinajstić information content (AvgIpc) is 2.36. The summed E-state index contributed by atoms with van der Waals surface area (Å²) in [6.45, 7) is 0.711. The Balaban J connectivity index is 2.46. The molecule has 0 saturated carbocycles. The van der Waals surface area contributed by atoms with Crippen LogP contribution in [0.1, 0.15) is 29.9 Å². The highest BCUT2D eigenvalue weighted by Gasteiger charge is 2.21. The molecule has 0 aliphatic heterocycles. The number of hydrogen-bond donors (Lipinski definition) is 1. The van der Waals surface area contributed by atoms with Gasteiger partial charge in [0.15, 0.2) is 11.5 Å². The van der Waals surface area contributed by atoms with Gasteiger partial charge in [-0.1, -0.05) is 0 Å². The number of ether oxygens (including phenoxy) is 2. The van der Waals surface area contributed by atoms with Crippen LogP contribution in [0.15, 0.2) is 12.1 Å². The van der Waals surface area contributed by atoms with E-state index in [4.69, 9.17) is 15.2 Å². The van der Waals surface area contributed by atoms with Crippen molar-refractivity contribution >= 4 is 0 Å². The predicted octanol–water partition coefficient (Wildman–Crippen LogP) is 2.08. The fraction of sp³-hybridized carbons (Fsp3) is 0.538. The van der Waals surface area contributed by atoms with Crippen LogP contribution in [-0.4, -0.2) is 20.8 Å². The molecule has 3 nitrogen and oxygen atoms in total. The number of methoxy groups -OCH3 is 2. The zero-order valence-electron chi connectivity index (χ0n) is 9.95. The van der Waals surface area contributed by atoms with Gasteiger partial charge in [0.25, 0.3) is 0 Å². The monoisotopic (exact) mass is 221 g/mol. The molecule has 0 amide bonds. The molecule has 2 N–H and O–H groups in total. The lowest BCUT2D eigenvalue weighted by molar-refractivity contribution is 0.352. The first-order chi connectivity index (χ1) is 7.80. The Hall–Kier alpha value is -1.22. The van der Waals surface area contributed by atoms with E-state index in [9.17, 15) is 0 Å². The van der Waals surface area contributed by atoms with E-state index in [1.165, 1.54) is 24.0 Å². The number of aryl methyl sites for hydroxylation is 1. The van der Waals surface area contributed by atoms with E-state index in [0.717, 1.165) is 17.9 Å². The van der Waals surface area contributed by atoms with Gasteiger partial charge in [-0.05, 0) is 55.0 Å². The molecule has 1 aromatic carbocycles. The Kier molecular flexibility index (Phi) is 3.34. The van der Waals surface area contributed by atoms with Crippen molar-refractivity contribution in [1.82, 2.24) is 0 Å². The van der Waals surface area contributed by atoms with E-state index in [1.807, 2.05) is 0 Å². The molecule has 0 radical (unpaired) electrons. The third-order valence-corrected chi connectivity index (χ3v) is 3.37. The van der Waals surface area contributed by atoms with E-state index < -0.39 is 0 Å². The molecule has 1 atom stereocenters. The van der Waals surface area contributed by atoms with Crippen molar-refractivity contribution in [1.29, 1.82) is 0 Å². The summed E-state index contributed by atoms with van der Waals surface area (Å²) in [6, 6.07) is 4.18. The molecular weight excluding hydrogens is 202 g/mol. The van der Waals surface area contributed by atoms with E-state index in [0.29, 0.717) is 12.5 Å².